The van der Waals surface area contributed by atoms with Crippen molar-refractivity contribution in [1.29, 1.82) is 0 Å². The first kappa shape index (κ1) is 12.6. The lowest BCUT2D eigenvalue weighted by Crippen LogP contribution is -2.42. The molecule has 0 saturated carbocycles. The summed E-state index contributed by atoms with van der Waals surface area (Å²) in [6.45, 7) is 7.20. The van der Waals surface area contributed by atoms with E-state index in [1.165, 1.54) is 16.7 Å². The summed E-state index contributed by atoms with van der Waals surface area (Å²) in [7, 11) is 2.04. The third-order valence-electron chi connectivity index (χ3n) is 3.92. The summed E-state index contributed by atoms with van der Waals surface area (Å²) in [5, 5.41) is 3.36. The molecule has 1 N–H and O–H groups in total. The second-order valence-corrected chi connectivity index (χ2v) is 5.24. The molecule has 0 spiro atoms. The summed E-state index contributed by atoms with van der Waals surface area (Å²) in [5.74, 6) is 0. The second-order valence-electron chi connectivity index (χ2n) is 5.24. The van der Waals surface area contributed by atoms with Crippen LogP contribution in [0, 0.1) is 13.8 Å². The molecule has 0 unspecified atom stereocenters. The molecule has 1 saturated heterocycles. The predicted molar refractivity (Wildman–Crippen MR) is 71.6 cm³/mol. The second kappa shape index (κ2) is 5.19. The summed E-state index contributed by atoms with van der Waals surface area (Å²) in [4.78, 5) is 0. The van der Waals surface area contributed by atoms with Gasteiger partial charge in [-0.2, -0.15) is 0 Å². The van der Waals surface area contributed by atoms with Crippen LogP contribution in [0.5, 0.6) is 0 Å². The Morgan fingerprint density at radius 3 is 2.53 bits per heavy atom. The highest BCUT2D eigenvalue weighted by Crippen LogP contribution is 2.36. The highest BCUT2D eigenvalue weighted by molar-refractivity contribution is 5.37. The van der Waals surface area contributed by atoms with E-state index in [0.717, 1.165) is 32.6 Å². The molecule has 2 rings (SSSR count). The van der Waals surface area contributed by atoms with Gasteiger partial charge < -0.3 is 10.1 Å². The van der Waals surface area contributed by atoms with Crippen LogP contribution in [0.4, 0.5) is 0 Å². The Balaban J connectivity index is 2.37. The zero-order chi connectivity index (χ0) is 12.3. The van der Waals surface area contributed by atoms with Crippen molar-refractivity contribution in [2.45, 2.75) is 32.1 Å². The number of likely N-dealkylation sites (N-methyl/N-ethyl adjacent to an activating group) is 1. The average molecular weight is 233 g/mol. The normalized spacial score (nSPS) is 19.2. The van der Waals surface area contributed by atoms with Crippen LogP contribution in [0.1, 0.15) is 29.5 Å². The average Bonchev–Trinajstić information content (AvgIpc) is 2.30. The fraction of sp³-hybridized carbons (Fsp3) is 0.600. The fourth-order valence-corrected chi connectivity index (χ4v) is 3.05. The molecular formula is C15H23NO. The Kier molecular flexibility index (Phi) is 3.85. The van der Waals surface area contributed by atoms with Gasteiger partial charge in [0.2, 0.25) is 0 Å². The third-order valence-corrected chi connectivity index (χ3v) is 3.92. The molecule has 0 radical (unpaired) electrons. The maximum atomic E-state index is 5.53. The van der Waals surface area contributed by atoms with E-state index in [0.29, 0.717) is 0 Å². The molecule has 0 aromatic heterocycles. The van der Waals surface area contributed by atoms with Crippen LogP contribution in [0.2, 0.25) is 0 Å². The van der Waals surface area contributed by atoms with E-state index in [1.54, 1.807) is 0 Å². The quantitative estimate of drug-likeness (QED) is 0.866. The molecule has 0 amide bonds. The van der Waals surface area contributed by atoms with E-state index in [1.807, 2.05) is 7.05 Å². The molecule has 1 aliphatic rings. The van der Waals surface area contributed by atoms with E-state index in [-0.39, 0.29) is 5.41 Å². The van der Waals surface area contributed by atoms with Crippen LogP contribution in [0.25, 0.3) is 0 Å². The summed E-state index contributed by atoms with van der Waals surface area (Å²) in [6, 6.07) is 6.84. The van der Waals surface area contributed by atoms with E-state index in [9.17, 15) is 0 Å². The topological polar surface area (TPSA) is 21.3 Å². The van der Waals surface area contributed by atoms with Crippen LogP contribution in [0.3, 0.4) is 0 Å². The van der Waals surface area contributed by atoms with E-state index in [2.05, 4.69) is 37.4 Å². The lowest BCUT2D eigenvalue weighted by molar-refractivity contribution is 0.0504. The molecule has 2 heteroatoms. The van der Waals surface area contributed by atoms with Gasteiger partial charge in [0.1, 0.15) is 0 Å². The molecule has 1 fully saturated rings. The van der Waals surface area contributed by atoms with Gasteiger partial charge in [-0.3, -0.25) is 0 Å². The van der Waals surface area contributed by atoms with Gasteiger partial charge in [-0.05, 0) is 44.9 Å². The molecule has 1 aromatic rings. The lowest BCUT2D eigenvalue weighted by atomic mass is 9.72. The van der Waals surface area contributed by atoms with Crippen molar-refractivity contribution in [2.24, 2.45) is 0 Å². The van der Waals surface area contributed by atoms with Gasteiger partial charge in [-0.25, -0.2) is 0 Å². The Morgan fingerprint density at radius 1 is 1.24 bits per heavy atom. The minimum Gasteiger partial charge on any atom is -0.381 e. The number of nitrogens with one attached hydrogen (secondary N) is 1. The molecule has 17 heavy (non-hydrogen) atoms. The summed E-state index contributed by atoms with van der Waals surface area (Å²) in [5.41, 5.74) is 4.53. The summed E-state index contributed by atoms with van der Waals surface area (Å²) < 4.78 is 5.53. The van der Waals surface area contributed by atoms with Gasteiger partial charge in [-0.1, -0.05) is 23.8 Å². The Morgan fingerprint density at radius 2 is 1.94 bits per heavy atom. The highest BCUT2D eigenvalue weighted by Gasteiger charge is 2.34. The van der Waals surface area contributed by atoms with Crippen LogP contribution in [0.15, 0.2) is 18.2 Å². The number of aryl methyl sites for hydroxylation is 2. The molecular weight excluding hydrogens is 210 g/mol. The van der Waals surface area contributed by atoms with Crippen molar-refractivity contribution in [3.63, 3.8) is 0 Å². The first-order valence-electron chi connectivity index (χ1n) is 6.48. The molecule has 0 bridgehead atoms. The third kappa shape index (κ3) is 2.53. The Bertz CT molecular complexity index is 375. The fourth-order valence-electron chi connectivity index (χ4n) is 3.05. The first-order chi connectivity index (χ1) is 8.18. The van der Waals surface area contributed by atoms with Gasteiger partial charge in [0.05, 0.1) is 0 Å². The van der Waals surface area contributed by atoms with Crippen LogP contribution >= 0.6 is 0 Å². The minimum atomic E-state index is 0.269. The minimum absolute atomic E-state index is 0.269. The van der Waals surface area contributed by atoms with E-state index < -0.39 is 0 Å². The Hall–Kier alpha value is -0.860. The highest BCUT2D eigenvalue weighted by atomic mass is 16.5. The molecule has 94 valence electrons. The summed E-state index contributed by atoms with van der Waals surface area (Å²) >= 11 is 0. The lowest BCUT2D eigenvalue weighted by Gasteiger charge is -2.38. The zero-order valence-electron chi connectivity index (χ0n) is 11.2. The van der Waals surface area contributed by atoms with E-state index in [4.69, 9.17) is 4.74 Å². The smallest absolute Gasteiger partial charge is 0.0475 e. The molecule has 0 aliphatic carbocycles. The molecule has 1 aromatic carbocycles. The van der Waals surface area contributed by atoms with Crippen LogP contribution < -0.4 is 5.32 Å². The number of hydrogen-bond acceptors (Lipinski definition) is 2. The van der Waals surface area contributed by atoms with Crippen molar-refractivity contribution in [1.82, 2.24) is 5.32 Å². The molecule has 1 aliphatic heterocycles. The maximum Gasteiger partial charge on any atom is 0.0475 e. The largest absolute Gasteiger partial charge is 0.381 e. The predicted octanol–water partition coefficient (Wildman–Crippen LogP) is 2.57. The van der Waals surface area contributed by atoms with Gasteiger partial charge in [-0.15, -0.1) is 0 Å². The number of rotatable bonds is 3. The standard InChI is InChI=1S/C15H23NO/c1-12-4-5-14(13(2)10-12)15(11-16-3)6-8-17-9-7-15/h4-5,10,16H,6-9,11H2,1-3H3. The van der Waals surface area contributed by atoms with Gasteiger partial charge in [0.15, 0.2) is 0 Å². The van der Waals surface area contributed by atoms with Crippen molar-refractivity contribution < 1.29 is 4.74 Å². The first-order valence-corrected chi connectivity index (χ1v) is 6.48. The maximum absolute atomic E-state index is 5.53. The van der Waals surface area contributed by atoms with Crippen molar-refractivity contribution in [2.75, 3.05) is 26.8 Å². The number of hydrogen-bond donors (Lipinski definition) is 1. The van der Waals surface area contributed by atoms with Crippen molar-refractivity contribution in [3.8, 4) is 0 Å². The molecule has 1 heterocycles. The number of ether oxygens (including phenoxy) is 1. The van der Waals surface area contributed by atoms with Gasteiger partial charge >= 0.3 is 0 Å². The SMILES string of the molecule is CNCC1(c2ccc(C)cc2C)CCOCC1. The monoisotopic (exact) mass is 233 g/mol. The summed E-state index contributed by atoms with van der Waals surface area (Å²) in [6.07, 6.45) is 2.25. The van der Waals surface area contributed by atoms with Crippen molar-refractivity contribution in [3.05, 3.63) is 34.9 Å². The molecule has 2 nitrogen and oxygen atoms in total. The van der Waals surface area contributed by atoms with E-state index >= 15 is 0 Å². The number of benzene rings is 1. The molecule has 0 atom stereocenters. The van der Waals surface area contributed by atoms with Crippen LogP contribution in [-0.4, -0.2) is 26.8 Å². The van der Waals surface area contributed by atoms with Gasteiger partial charge in [0.25, 0.3) is 0 Å². The Labute approximate surface area is 104 Å². The van der Waals surface area contributed by atoms with Crippen molar-refractivity contribution >= 4 is 0 Å². The zero-order valence-corrected chi connectivity index (χ0v) is 11.2. The van der Waals surface area contributed by atoms with Gasteiger partial charge in [0, 0.05) is 25.2 Å². The van der Waals surface area contributed by atoms with Crippen LogP contribution in [-0.2, 0) is 10.2 Å².